The maximum atomic E-state index is 8.75. The van der Waals surface area contributed by atoms with E-state index in [1.165, 1.54) is 11.3 Å². The molecule has 0 aliphatic heterocycles. The van der Waals surface area contributed by atoms with Gasteiger partial charge in [0.2, 0.25) is 5.13 Å². The number of hydrogen-bond acceptors (Lipinski definition) is 7. The van der Waals surface area contributed by atoms with Gasteiger partial charge in [-0.15, -0.1) is 10.2 Å². The molecule has 2 aromatic rings. The molecule has 0 bridgehead atoms. The molecule has 1 heterocycles. The normalized spacial score (nSPS) is 11.7. The number of thioether (sulfide) groups is 1. The molecule has 1 aromatic heterocycles. The number of anilines is 1. The van der Waals surface area contributed by atoms with Crippen molar-refractivity contribution in [1.29, 1.82) is 5.26 Å². The minimum absolute atomic E-state index is 0.0228. The van der Waals surface area contributed by atoms with E-state index in [1.807, 2.05) is 31.2 Å². The van der Waals surface area contributed by atoms with Crippen LogP contribution in [0.15, 0.2) is 28.6 Å². The van der Waals surface area contributed by atoms with Crippen LogP contribution in [0.3, 0.4) is 0 Å². The molecule has 0 aliphatic carbocycles. The van der Waals surface area contributed by atoms with Gasteiger partial charge in [-0.1, -0.05) is 35.2 Å². The zero-order valence-corrected chi connectivity index (χ0v) is 13.5. The topological polar surface area (TPSA) is 70.8 Å². The predicted octanol–water partition coefficient (Wildman–Crippen LogP) is 3.41. The summed E-state index contributed by atoms with van der Waals surface area (Å²) < 4.78 is 6.01. The summed E-state index contributed by atoms with van der Waals surface area (Å²) in [7, 11) is 1.65. The average molecular weight is 320 g/mol. The van der Waals surface area contributed by atoms with Crippen LogP contribution in [0.1, 0.15) is 12.5 Å². The first kappa shape index (κ1) is 15.6. The van der Waals surface area contributed by atoms with E-state index in [-0.39, 0.29) is 5.92 Å². The van der Waals surface area contributed by atoms with Gasteiger partial charge >= 0.3 is 0 Å². The Hall–Kier alpha value is -1.78. The maximum absolute atomic E-state index is 8.75. The Morgan fingerprint density at radius 3 is 2.81 bits per heavy atom. The highest BCUT2D eigenvalue weighted by atomic mass is 32.2. The van der Waals surface area contributed by atoms with Crippen molar-refractivity contribution in [2.45, 2.75) is 17.8 Å². The van der Waals surface area contributed by atoms with Crippen LogP contribution < -0.4 is 10.1 Å². The summed E-state index contributed by atoms with van der Waals surface area (Å²) in [5, 5.41) is 21.0. The van der Waals surface area contributed by atoms with Crippen molar-refractivity contribution in [2.24, 2.45) is 5.92 Å². The minimum atomic E-state index is 0.0228. The summed E-state index contributed by atoms with van der Waals surface area (Å²) in [5.41, 5.74) is 1.15. The van der Waals surface area contributed by atoms with Crippen molar-refractivity contribution >= 4 is 28.2 Å². The number of nitrogens with zero attached hydrogens (tertiary/aromatic N) is 3. The van der Waals surface area contributed by atoms with Gasteiger partial charge in [0.15, 0.2) is 4.34 Å². The number of benzene rings is 1. The molecule has 0 spiro atoms. The van der Waals surface area contributed by atoms with E-state index in [9.17, 15) is 0 Å². The molecule has 21 heavy (non-hydrogen) atoms. The molecule has 7 heteroatoms. The van der Waals surface area contributed by atoms with Crippen LogP contribution in [-0.4, -0.2) is 23.1 Å². The van der Waals surface area contributed by atoms with Gasteiger partial charge in [0, 0.05) is 12.3 Å². The van der Waals surface area contributed by atoms with E-state index in [2.05, 4.69) is 21.6 Å². The van der Waals surface area contributed by atoms with Crippen molar-refractivity contribution in [3.63, 3.8) is 0 Å². The molecule has 1 aromatic carbocycles. The number of ether oxygens (including phenoxy) is 1. The Balaban J connectivity index is 1.83. The van der Waals surface area contributed by atoms with Gasteiger partial charge in [0.1, 0.15) is 5.75 Å². The Morgan fingerprint density at radius 1 is 1.38 bits per heavy atom. The van der Waals surface area contributed by atoms with Gasteiger partial charge in [-0.05, 0) is 24.6 Å². The lowest BCUT2D eigenvalue weighted by atomic mass is 10.2. The van der Waals surface area contributed by atoms with Crippen molar-refractivity contribution < 1.29 is 4.74 Å². The molecular weight excluding hydrogens is 304 g/mol. The first-order chi connectivity index (χ1) is 10.2. The van der Waals surface area contributed by atoms with Crippen LogP contribution in [0.25, 0.3) is 0 Å². The molecule has 0 fully saturated rings. The van der Waals surface area contributed by atoms with Crippen molar-refractivity contribution in [2.75, 3.05) is 18.2 Å². The zero-order chi connectivity index (χ0) is 15.1. The second-order valence-corrected chi connectivity index (χ2v) is 6.66. The van der Waals surface area contributed by atoms with Crippen LogP contribution in [0, 0.1) is 17.2 Å². The van der Waals surface area contributed by atoms with Gasteiger partial charge < -0.3 is 10.1 Å². The lowest BCUT2D eigenvalue weighted by Crippen LogP contribution is -1.98. The summed E-state index contributed by atoms with van der Waals surface area (Å²) in [6.07, 6.45) is 0. The van der Waals surface area contributed by atoms with Gasteiger partial charge in [-0.25, -0.2) is 0 Å². The van der Waals surface area contributed by atoms with Crippen LogP contribution in [-0.2, 0) is 6.54 Å². The van der Waals surface area contributed by atoms with Crippen LogP contribution >= 0.6 is 23.1 Å². The molecule has 0 radical (unpaired) electrons. The Bertz CT molecular complexity index is 606. The second kappa shape index (κ2) is 7.86. The number of rotatable bonds is 7. The van der Waals surface area contributed by atoms with Gasteiger partial charge in [-0.3, -0.25) is 0 Å². The SMILES string of the molecule is COc1ccc(CNc2nnc(SC[C@H](C)C#N)s2)cc1. The molecule has 0 unspecified atom stereocenters. The van der Waals surface area contributed by atoms with E-state index in [0.717, 1.165) is 26.5 Å². The Kier molecular flexibility index (Phi) is 5.84. The third kappa shape index (κ3) is 4.92. The molecule has 0 amide bonds. The smallest absolute Gasteiger partial charge is 0.206 e. The highest BCUT2D eigenvalue weighted by molar-refractivity contribution is 8.01. The van der Waals surface area contributed by atoms with Crippen LogP contribution in [0.4, 0.5) is 5.13 Å². The summed E-state index contributed by atoms with van der Waals surface area (Å²) >= 11 is 3.07. The second-order valence-electron chi connectivity index (χ2n) is 4.42. The fraction of sp³-hybridized carbons (Fsp3) is 0.357. The van der Waals surface area contributed by atoms with E-state index in [4.69, 9.17) is 10.00 Å². The fourth-order valence-corrected chi connectivity index (χ4v) is 3.21. The van der Waals surface area contributed by atoms with Gasteiger partial charge in [0.25, 0.3) is 0 Å². The summed E-state index contributed by atoms with van der Waals surface area (Å²) in [6.45, 7) is 2.59. The van der Waals surface area contributed by atoms with E-state index in [1.54, 1.807) is 18.9 Å². The molecule has 0 aliphatic rings. The molecule has 2 rings (SSSR count). The number of methoxy groups -OCH3 is 1. The summed E-state index contributed by atoms with van der Waals surface area (Å²) in [6, 6.07) is 10.1. The largest absolute Gasteiger partial charge is 0.497 e. The van der Waals surface area contributed by atoms with E-state index in [0.29, 0.717) is 6.54 Å². The highest BCUT2D eigenvalue weighted by Gasteiger charge is 2.07. The Morgan fingerprint density at radius 2 is 2.14 bits per heavy atom. The fourth-order valence-electron chi connectivity index (χ4n) is 1.49. The molecule has 5 nitrogen and oxygen atoms in total. The third-order valence-electron chi connectivity index (χ3n) is 2.69. The predicted molar refractivity (Wildman–Crippen MR) is 85.7 cm³/mol. The van der Waals surface area contributed by atoms with Crippen molar-refractivity contribution in [1.82, 2.24) is 10.2 Å². The number of aromatic nitrogens is 2. The van der Waals surface area contributed by atoms with Gasteiger partial charge in [-0.2, -0.15) is 5.26 Å². The Labute approximate surface area is 132 Å². The van der Waals surface area contributed by atoms with E-state index < -0.39 is 0 Å². The first-order valence-electron chi connectivity index (χ1n) is 6.44. The maximum Gasteiger partial charge on any atom is 0.206 e. The van der Waals surface area contributed by atoms with Gasteiger partial charge in [0.05, 0.1) is 19.1 Å². The minimum Gasteiger partial charge on any atom is -0.497 e. The average Bonchev–Trinajstić information content (AvgIpc) is 2.99. The van der Waals surface area contributed by atoms with Crippen molar-refractivity contribution in [3.05, 3.63) is 29.8 Å². The van der Waals surface area contributed by atoms with Crippen LogP contribution in [0.2, 0.25) is 0 Å². The quantitative estimate of drug-likeness (QED) is 0.788. The molecule has 1 atom stereocenters. The lowest BCUT2D eigenvalue weighted by molar-refractivity contribution is 0.414. The summed E-state index contributed by atoms with van der Waals surface area (Å²) in [5.74, 6) is 1.61. The van der Waals surface area contributed by atoms with E-state index >= 15 is 0 Å². The monoisotopic (exact) mass is 320 g/mol. The molecule has 0 saturated heterocycles. The lowest BCUT2D eigenvalue weighted by Gasteiger charge is -2.03. The third-order valence-corrected chi connectivity index (χ3v) is 4.96. The molecular formula is C14H16N4OS2. The molecule has 0 saturated carbocycles. The number of hydrogen-bond donors (Lipinski definition) is 1. The number of nitriles is 1. The zero-order valence-electron chi connectivity index (χ0n) is 11.9. The highest BCUT2D eigenvalue weighted by Crippen LogP contribution is 2.27. The standard InChI is InChI=1S/C14H16N4OS2/c1-10(7-15)9-20-14-18-17-13(21-14)16-8-11-3-5-12(19-2)6-4-11/h3-6,10H,8-9H2,1-2H3,(H,16,17)/t10-/m1/s1. The number of nitrogens with one attached hydrogen (secondary N) is 1. The molecule has 1 N–H and O–H groups in total. The first-order valence-corrected chi connectivity index (χ1v) is 8.24. The van der Waals surface area contributed by atoms with Crippen LogP contribution in [0.5, 0.6) is 5.75 Å². The summed E-state index contributed by atoms with van der Waals surface area (Å²) in [4.78, 5) is 0. The van der Waals surface area contributed by atoms with Crippen molar-refractivity contribution in [3.8, 4) is 11.8 Å². The molecule has 110 valence electrons.